The monoisotopic (exact) mass is 277 g/mol. The van der Waals surface area contributed by atoms with Gasteiger partial charge < -0.3 is 5.11 Å². The van der Waals surface area contributed by atoms with Gasteiger partial charge >= 0.3 is 5.97 Å². The van der Waals surface area contributed by atoms with E-state index in [1.54, 1.807) is 30.6 Å². The quantitative estimate of drug-likeness (QED) is 0.887. The number of hydrogen-bond donors (Lipinski definition) is 2. The van der Waals surface area contributed by atoms with E-state index in [1.165, 1.54) is 11.3 Å². The summed E-state index contributed by atoms with van der Waals surface area (Å²) in [4.78, 5) is 30.6. The van der Waals surface area contributed by atoms with Crippen LogP contribution >= 0.6 is 11.3 Å². The molecule has 0 fully saturated rings. The first-order valence-corrected chi connectivity index (χ1v) is 6.33. The number of carboxylic acids is 1. The predicted molar refractivity (Wildman–Crippen MR) is 70.4 cm³/mol. The number of nitrogens with zero attached hydrogens (tertiary/aromatic N) is 2. The van der Waals surface area contributed by atoms with Gasteiger partial charge in [-0.3, -0.25) is 19.9 Å². The Morgan fingerprint density at radius 1 is 1.47 bits per heavy atom. The lowest BCUT2D eigenvalue weighted by Crippen LogP contribution is -2.14. The van der Waals surface area contributed by atoms with Crippen LogP contribution in [0.1, 0.15) is 21.7 Å². The van der Waals surface area contributed by atoms with Crippen molar-refractivity contribution >= 4 is 28.3 Å². The maximum atomic E-state index is 12.0. The Bertz CT molecular complexity index is 624. The summed E-state index contributed by atoms with van der Waals surface area (Å²) in [6.07, 6.45) is 1.46. The van der Waals surface area contributed by atoms with Gasteiger partial charge in [0.25, 0.3) is 5.91 Å². The van der Waals surface area contributed by atoms with Gasteiger partial charge in [-0.2, -0.15) is 0 Å². The summed E-state index contributed by atoms with van der Waals surface area (Å²) >= 11 is 1.19. The van der Waals surface area contributed by atoms with Crippen LogP contribution in [-0.4, -0.2) is 27.0 Å². The van der Waals surface area contributed by atoms with E-state index in [4.69, 9.17) is 5.11 Å². The molecule has 19 heavy (non-hydrogen) atoms. The van der Waals surface area contributed by atoms with Crippen molar-refractivity contribution < 1.29 is 14.7 Å². The lowest BCUT2D eigenvalue weighted by atomic mass is 10.2. The Morgan fingerprint density at radius 3 is 2.95 bits per heavy atom. The maximum absolute atomic E-state index is 12.0. The van der Waals surface area contributed by atoms with E-state index in [2.05, 4.69) is 15.3 Å². The van der Waals surface area contributed by atoms with Gasteiger partial charge in [-0.1, -0.05) is 0 Å². The van der Waals surface area contributed by atoms with E-state index < -0.39 is 5.97 Å². The van der Waals surface area contributed by atoms with E-state index in [0.717, 1.165) is 0 Å². The molecule has 0 saturated carbocycles. The minimum atomic E-state index is -0.953. The number of carbonyl (C=O) groups is 2. The van der Waals surface area contributed by atoms with Crippen LogP contribution < -0.4 is 5.32 Å². The summed E-state index contributed by atoms with van der Waals surface area (Å²) in [6, 6.07) is 3.35. The third kappa shape index (κ3) is 3.35. The van der Waals surface area contributed by atoms with E-state index in [-0.39, 0.29) is 12.3 Å². The number of anilines is 1. The van der Waals surface area contributed by atoms with Crippen molar-refractivity contribution in [1.29, 1.82) is 0 Å². The molecule has 0 aromatic carbocycles. The number of carboxylic acid groups (broad SMARTS) is 1. The van der Waals surface area contributed by atoms with Gasteiger partial charge in [0.2, 0.25) is 0 Å². The molecule has 0 aliphatic carbocycles. The van der Waals surface area contributed by atoms with E-state index in [1.807, 2.05) is 0 Å². The Kier molecular flexibility index (Phi) is 3.86. The molecule has 2 rings (SSSR count). The van der Waals surface area contributed by atoms with Gasteiger partial charge in [-0.15, -0.1) is 11.3 Å². The summed E-state index contributed by atoms with van der Waals surface area (Å²) in [5, 5.41) is 13.3. The zero-order valence-corrected chi connectivity index (χ0v) is 10.9. The largest absolute Gasteiger partial charge is 0.481 e. The Balaban J connectivity index is 2.09. The van der Waals surface area contributed by atoms with Crippen molar-refractivity contribution in [2.45, 2.75) is 13.3 Å². The maximum Gasteiger partial charge on any atom is 0.309 e. The van der Waals surface area contributed by atoms with Gasteiger partial charge in [0.1, 0.15) is 0 Å². The number of amides is 1. The fraction of sp³-hybridized carbons (Fsp3) is 0.167. The first-order chi connectivity index (χ1) is 9.06. The third-order valence-electron chi connectivity index (χ3n) is 2.36. The van der Waals surface area contributed by atoms with Crippen LogP contribution in [0.5, 0.6) is 0 Å². The number of hydrogen-bond acceptors (Lipinski definition) is 5. The molecular formula is C12H11N3O3S. The number of aliphatic carboxylic acids is 1. The molecule has 0 bridgehead atoms. The number of pyridine rings is 1. The summed E-state index contributed by atoms with van der Waals surface area (Å²) < 4.78 is 0. The molecule has 2 aromatic rings. The highest BCUT2D eigenvalue weighted by Gasteiger charge is 2.12. The van der Waals surface area contributed by atoms with Crippen LogP contribution in [0.2, 0.25) is 0 Å². The Hall–Kier alpha value is -2.28. The van der Waals surface area contributed by atoms with Crippen molar-refractivity contribution in [2.24, 2.45) is 0 Å². The van der Waals surface area contributed by atoms with Crippen LogP contribution in [-0.2, 0) is 11.2 Å². The molecule has 7 heteroatoms. The smallest absolute Gasteiger partial charge is 0.309 e. The SMILES string of the molecule is Cc1ncccc1C(=O)Nc1nc(CC(=O)O)cs1. The zero-order chi connectivity index (χ0) is 13.8. The van der Waals surface area contributed by atoms with Crippen LogP contribution in [0, 0.1) is 6.92 Å². The highest BCUT2D eigenvalue weighted by molar-refractivity contribution is 7.14. The van der Waals surface area contributed by atoms with Gasteiger partial charge in [0.05, 0.1) is 17.7 Å². The molecule has 2 N–H and O–H groups in total. The lowest BCUT2D eigenvalue weighted by Gasteiger charge is -2.03. The van der Waals surface area contributed by atoms with Gasteiger partial charge in [0, 0.05) is 17.3 Å². The molecule has 6 nitrogen and oxygen atoms in total. The molecule has 1 amide bonds. The summed E-state index contributed by atoms with van der Waals surface area (Å²) in [6.45, 7) is 1.74. The molecule has 0 radical (unpaired) electrons. The second-order valence-electron chi connectivity index (χ2n) is 3.81. The van der Waals surface area contributed by atoms with Gasteiger partial charge in [-0.05, 0) is 19.1 Å². The van der Waals surface area contributed by atoms with Gasteiger partial charge in [0.15, 0.2) is 5.13 Å². The first kappa shape index (κ1) is 13.2. The fourth-order valence-corrected chi connectivity index (χ4v) is 2.19. The lowest BCUT2D eigenvalue weighted by molar-refractivity contribution is -0.136. The van der Waals surface area contributed by atoms with Crippen LogP contribution in [0.25, 0.3) is 0 Å². The van der Waals surface area contributed by atoms with Crippen molar-refractivity contribution in [1.82, 2.24) is 9.97 Å². The summed E-state index contributed by atoms with van der Waals surface area (Å²) in [5.41, 5.74) is 1.52. The minimum absolute atomic E-state index is 0.154. The molecular weight excluding hydrogens is 266 g/mol. The summed E-state index contributed by atoms with van der Waals surface area (Å²) in [7, 11) is 0. The Labute approximate surface area is 113 Å². The number of rotatable bonds is 4. The molecule has 0 unspecified atom stereocenters. The van der Waals surface area contributed by atoms with Crippen LogP contribution in [0.15, 0.2) is 23.7 Å². The second-order valence-corrected chi connectivity index (χ2v) is 4.66. The summed E-state index contributed by atoms with van der Waals surface area (Å²) in [5.74, 6) is -1.26. The number of aromatic nitrogens is 2. The first-order valence-electron chi connectivity index (χ1n) is 5.45. The molecule has 2 heterocycles. The minimum Gasteiger partial charge on any atom is -0.481 e. The van der Waals surface area contributed by atoms with Gasteiger partial charge in [-0.25, -0.2) is 4.98 Å². The van der Waals surface area contributed by atoms with Crippen molar-refractivity contribution in [2.75, 3.05) is 5.32 Å². The van der Waals surface area contributed by atoms with Crippen LogP contribution in [0.3, 0.4) is 0 Å². The van der Waals surface area contributed by atoms with E-state index in [0.29, 0.717) is 22.1 Å². The number of thiazole rings is 1. The highest BCUT2D eigenvalue weighted by Crippen LogP contribution is 2.17. The van der Waals surface area contributed by atoms with Crippen molar-refractivity contribution in [3.8, 4) is 0 Å². The topological polar surface area (TPSA) is 92.2 Å². The number of nitrogens with one attached hydrogen (secondary N) is 1. The average Bonchev–Trinajstić information content (AvgIpc) is 2.76. The van der Waals surface area contributed by atoms with E-state index in [9.17, 15) is 9.59 Å². The highest BCUT2D eigenvalue weighted by atomic mass is 32.1. The van der Waals surface area contributed by atoms with Crippen molar-refractivity contribution in [3.05, 3.63) is 40.7 Å². The van der Waals surface area contributed by atoms with E-state index >= 15 is 0 Å². The Morgan fingerprint density at radius 2 is 2.26 bits per heavy atom. The normalized spacial score (nSPS) is 10.2. The molecule has 0 spiro atoms. The molecule has 0 saturated heterocycles. The third-order valence-corrected chi connectivity index (χ3v) is 3.16. The number of carbonyl (C=O) groups excluding carboxylic acids is 1. The molecule has 2 aromatic heterocycles. The fourth-order valence-electron chi connectivity index (χ4n) is 1.49. The zero-order valence-electron chi connectivity index (χ0n) is 10.1. The molecule has 0 aliphatic rings. The van der Waals surface area contributed by atoms with Crippen molar-refractivity contribution in [3.63, 3.8) is 0 Å². The van der Waals surface area contributed by atoms with Crippen LogP contribution in [0.4, 0.5) is 5.13 Å². The standard InChI is InChI=1S/C12H11N3O3S/c1-7-9(3-2-4-13-7)11(18)15-12-14-8(6-19-12)5-10(16)17/h2-4,6H,5H2,1H3,(H,16,17)(H,14,15,18). The molecule has 98 valence electrons. The molecule has 0 atom stereocenters. The predicted octanol–water partition coefficient (Wildman–Crippen LogP) is 1.73. The average molecular weight is 277 g/mol. The second kappa shape index (κ2) is 5.57. The number of aryl methyl sites for hydroxylation is 1. The molecule has 0 aliphatic heterocycles.